The highest BCUT2D eigenvalue weighted by Crippen LogP contribution is 2.32. The van der Waals surface area contributed by atoms with Gasteiger partial charge in [0.15, 0.2) is 0 Å². The molecule has 0 saturated carbocycles. The molecule has 0 spiro atoms. The molecule has 210 valence electrons. The number of anilines is 1. The van der Waals surface area contributed by atoms with Gasteiger partial charge in [0.05, 0.1) is 41.5 Å². The largest absolute Gasteiger partial charge is 0.462 e. The molecule has 9 nitrogen and oxygen atoms in total. The number of carbonyl (C=O) groups is 1. The number of hydrogen-bond acceptors (Lipinski definition) is 6. The Hall–Kier alpha value is -4.16. The van der Waals surface area contributed by atoms with Gasteiger partial charge in [0.2, 0.25) is 0 Å². The van der Waals surface area contributed by atoms with Crippen LogP contribution < -0.4 is 26.1 Å². The zero-order valence-corrected chi connectivity index (χ0v) is 23.3. The molecule has 5 rings (SSSR count). The van der Waals surface area contributed by atoms with Crippen molar-refractivity contribution in [2.24, 2.45) is 0 Å². The molecule has 3 heterocycles. The number of fused-ring (bicyclic) bond motifs is 1. The third kappa shape index (κ3) is 6.88. The van der Waals surface area contributed by atoms with Crippen LogP contribution in [0.15, 0.2) is 65.7 Å². The molecule has 9 heteroatoms. The number of aromatic nitrogens is 1. The summed E-state index contributed by atoms with van der Waals surface area (Å²) in [6, 6.07) is 11.9. The molecule has 2 aromatic rings. The molecule has 0 atom stereocenters. The molecular weight excluding hydrogens is 502 g/mol. The highest BCUT2D eigenvalue weighted by Gasteiger charge is 2.25. The van der Waals surface area contributed by atoms with Gasteiger partial charge in [-0.05, 0) is 76.5 Å². The number of amides is 2. The van der Waals surface area contributed by atoms with Gasteiger partial charge in [-0.25, -0.2) is 4.79 Å². The molecule has 0 radical (unpaired) electrons. The maximum atomic E-state index is 12.7. The van der Waals surface area contributed by atoms with E-state index in [0.29, 0.717) is 24.4 Å². The summed E-state index contributed by atoms with van der Waals surface area (Å²) in [4.78, 5) is 15.2. The summed E-state index contributed by atoms with van der Waals surface area (Å²) in [5, 5.41) is 19.4. The minimum Gasteiger partial charge on any atom is -0.462 e. The lowest BCUT2D eigenvalue weighted by molar-refractivity contribution is 0.249. The van der Waals surface area contributed by atoms with Crippen molar-refractivity contribution in [3.05, 3.63) is 77.0 Å². The number of hydrogen-bond donors (Lipinski definition) is 4. The summed E-state index contributed by atoms with van der Waals surface area (Å²) in [5.41, 5.74) is 8.09. The Morgan fingerprint density at radius 3 is 2.62 bits per heavy atom. The second-order valence-electron chi connectivity index (χ2n) is 10.5. The molecule has 2 aliphatic heterocycles. The first-order chi connectivity index (χ1) is 19.6. The van der Waals surface area contributed by atoms with Crippen LogP contribution in [-0.2, 0) is 0 Å². The smallest absolute Gasteiger partial charge is 0.319 e. The van der Waals surface area contributed by atoms with E-state index >= 15 is 0 Å². The van der Waals surface area contributed by atoms with Crippen molar-refractivity contribution in [1.29, 1.82) is 5.26 Å². The van der Waals surface area contributed by atoms with Crippen molar-refractivity contribution in [2.45, 2.75) is 51.9 Å². The number of nitrogens with one attached hydrogen (secondary N) is 4. The van der Waals surface area contributed by atoms with Crippen LogP contribution in [0, 0.1) is 18.3 Å². The average molecular weight is 542 g/mol. The minimum atomic E-state index is -0.216. The van der Waals surface area contributed by atoms with Crippen LogP contribution in [0.4, 0.5) is 10.5 Å². The third-order valence-corrected chi connectivity index (χ3v) is 7.63. The van der Waals surface area contributed by atoms with Crippen molar-refractivity contribution in [3.63, 3.8) is 0 Å². The van der Waals surface area contributed by atoms with Gasteiger partial charge in [0, 0.05) is 24.2 Å². The number of carbonyl (C=O) groups excluding carboxylic acids is 1. The van der Waals surface area contributed by atoms with Gasteiger partial charge in [-0.1, -0.05) is 31.0 Å². The predicted octanol–water partition coefficient (Wildman–Crippen LogP) is 5.21. The molecule has 1 fully saturated rings. The van der Waals surface area contributed by atoms with E-state index in [-0.39, 0.29) is 6.03 Å². The Bertz CT molecular complexity index is 1330. The second kappa shape index (κ2) is 13.3. The number of likely N-dealkylation sites (tertiary alicyclic amines) is 1. The van der Waals surface area contributed by atoms with Gasteiger partial charge >= 0.3 is 6.03 Å². The van der Waals surface area contributed by atoms with Gasteiger partial charge in [-0.15, -0.1) is 0 Å². The molecule has 1 aliphatic carbocycles. The lowest BCUT2D eigenvalue weighted by Gasteiger charge is -2.25. The molecular formula is C31H39N7O2. The van der Waals surface area contributed by atoms with Crippen LogP contribution in [-0.4, -0.2) is 48.3 Å². The molecule has 0 unspecified atom stereocenters. The lowest BCUT2D eigenvalue weighted by Crippen LogP contribution is -2.33. The van der Waals surface area contributed by atoms with E-state index < -0.39 is 0 Å². The van der Waals surface area contributed by atoms with E-state index in [1.54, 1.807) is 0 Å². The van der Waals surface area contributed by atoms with Crippen LogP contribution in [0.3, 0.4) is 0 Å². The van der Waals surface area contributed by atoms with Gasteiger partial charge < -0.3 is 31.0 Å². The molecule has 1 aromatic heterocycles. The van der Waals surface area contributed by atoms with Crippen molar-refractivity contribution >= 4 is 17.4 Å². The van der Waals surface area contributed by atoms with Crippen LogP contribution >= 0.6 is 0 Å². The summed E-state index contributed by atoms with van der Waals surface area (Å²) >= 11 is 0. The second-order valence-corrected chi connectivity index (χ2v) is 10.5. The first kappa shape index (κ1) is 27.4. The lowest BCUT2D eigenvalue weighted by atomic mass is 10.0. The fourth-order valence-corrected chi connectivity index (χ4v) is 5.42. The zero-order chi connectivity index (χ0) is 27.7. The maximum absolute atomic E-state index is 12.7. The Morgan fingerprint density at radius 2 is 1.90 bits per heavy atom. The number of urea groups is 1. The van der Waals surface area contributed by atoms with Crippen LogP contribution in [0.2, 0.25) is 0 Å². The summed E-state index contributed by atoms with van der Waals surface area (Å²) in [6.45, 7) is 6.35. The highest BCUT2D eigenvalue weighted by molar-refractivity contribution is 5.91. The van der Waals surface area contributed by atoms with E-state index in [9.17, 15) is 10.1 Å². The monoisotopic (exact) mass is 541 g/mol. The summed E-state index contributed by atoms with van der Waals surface area (Å²) in [6.07, 6.45) is 13.5. The molecule has 3 aliphatic rings. The van der Waals surface area contributed by atoms with E-state index in [4.69, 9.17) is 4.74 Å². The number of para-hydroxylation sites is 1. The summed E-state index contributed by atoms with van der Waals surface area (Å²) in [7, 11) is 0. The van der Waals surface area contributed by atoms with Gasteiger partial charge in [0.25, 0.3) is 0 Å². The standard InChI is InChI=1S/C31H39N7O2/c1-23-28(36-31(39)33-16-9-19-37-17-7-2-3-8-18-37)22-38-30(23)29(24(20-32)21-34-38)35-25-12-14-27(15-13-25)40-26-10-5-4-6-11-26/h4-6,10-12,14,22,34-35H,2-3,7-9,13,15-19,21H2,1H3,(H2,33,36,39). The maximum Gasteiger partial charge on any atom is 0.319 e. The van der Waals surface area contributed by atoms with Crippen LogP contribution in [0.5, 0.6) is 5.75 Å². The number of ether oxygens (including phenoxy) is 1. The van der Waals surface area contributed by atoms with E-state index in [0.717, 1.165) is 60.0 Å². The molecule has 1 aromatic carbocycles. The quantitative estimate of drug-likeness (QED) is 0.325. The number of rotatable bonds is 9. The third-order valence-electron chi connectivity index (χ3n) is 7.63. The number of nitriles is 1. The molecule has 4 N–H and O–H groups in total. The first-order valence-corrected chi connectivity index (χ1v) is 14.4. The Morgan fingerprint density at radius 1 is 1.10 bits per heavy atom. The minimum absolute atomic E-state index is 0.216. The molecule has 1 saturated heterocycles. The normalized spacial score (nSPS) is 17.4. The predicted molar refractivity (Wildman–Crippen MR) is 158 cm³/mol. The summed E-state index contributed by atoms with van der Waals surface area (Å²) < 4.78 is 7.87. The van der Waals surface area contributed by atoms with Crippen molar-refractivity contribution < 1.29 is 9.53 Å². The molecule has 2 amide bonds. The number of nitrogens with zero attached hydrogens (tertiary/aromatic N) is 3. The fourth-order valence-electron chi connectivity index (χ4n) is 5.42. The van der Waals surface area contributed by atoms with Crippen molar-refractivity contribution in [3.8, 4) is 11.8 Å². The fraction of sp³-hybridized carbons (Fsp3) is 0.419. The van der Waals surface area contributed by atoms with Gasteiger partial charge in [-0.3, -0.25) is 4.68 Å². The van der Waals surface area contributed by atoms with E-state index in [1.165, 1.54) is 38.8 Å². The van der Waals surface area contributed by atoms with Gasteiger partial charge in [-0.2, -0.15) is 5.26 Å². The van der Waals surface area contributed by atoms with E-state index in [2.05, 4.69) is 32.3 Å². The van der Waals surface area contributed by atoms with Crippen LogP contribution in [0.25, 0.3) is 5.70 Å². The number of allylic oxidation sites excluding steroid dienone is 4. The average Bonchev–Trinajstić information content (AvgIpc) is 3.12. The van der Waals surface area contributed by atoms with Crippen LogP contribution in [0.1, 0.15) is 56.2 Å². The van der Waals surface area contributed by atoms with Crippen molar-refractivity contribution in [2.75, 3.05) is 43.5 Å². The molecule has 40 heavy (non-hydrogen) atoms. The highest BCUT2D eigenvalue weighted by atomic mass is 16.5. The number of benzene rings is 1. The first-order valence-electron chi connectivity index (χ1n) is 14.4. The zero-order valence-electron chi connectivity index (χ0n) is 23.3. The Balaban J connectivity index is 1.20. The Kier molecular flexibility index (Phi) is 9.09. The SMILES string of the molecule is Cc1c(NC(=O)NCCCN2CCCCCC2)cn2c1C(NC1=CC=C(Oc3ccccc3)CC1)=C(C#N)CN2. The Labute approximate surface area is 236 Å². The van der Waals surface area contributed by atoms with Gasteiger partial charge in [0.1, 0.15) is 11.5 Å². The summed E-state index contributed by atoms with van der Waals surface area (Å²) in [5.74, 6) is 1.72. The molecule has 0 bridgehead atoms. The van der Waals surface area contributed by atoms with Crippen molar-refractivity contribution in [1.82, 2.24) is 20.2 Å². The topological polar surface area (TPSA) is 106 Å². The van der Waals surface area contributed by atoms with E-state index in [1.807, 2.05) is 60.3 Å².